The summed E-state index contributed by atoms with van der Waals surface area (Å²) in [5.74, 6) is -3.35. The van der Waals surface area contributed by atoms with Gasteiger partial charge in [0.1, 0.15) is 11.6 Å². The standard InChI is InChI=1S/C19H19F4NO3S/c20-16-10-8-15(9-11-16)18(19(21,22)23)24-17(25)13-28(26,27)12-4-7-14-5-2-1-3-6-14/h1-3,5-6,8-11,18H,4,7,12-13H2,(H,24,25). The molecule has 0 spiro atoms. The summed E-state index contributed by atoms with van der Waals surface area (Å²) in [5, 5.41) is 1.69. The largest absolute Gasteiger partial charge is 0.412 e. The zero-order valence-electron chi connectivity index (χ0n) is 14.7. The smallest absolute Gasteiger partial charge is 0.340 e. The van der Waals surface area contributed by atoms with Crippen LogP contribution in [0.25, 0.3) is 0 Å². The lowest BCUT2D eigenvalue weighted by molar-refractivity contribution is -0.162. The third-order valence-corrected chi connectivity index (χ3v) is 5.56. The third-order valence-electron chi connectivity index (χ3n) is 3.95. The fourth-order valence-electron chi connectivity index (χ4n) is 2.62. The first-order chi connectivity index (χ1) is 13.1. The Kier molecular flexibility index (Phi) is 7.17. The Bertz CT molecular complexity index is 882. The zero-order chi connectivity index (χ0) is 20.8. The van der Waals surface area contributed by atoms with E-state index >= 15 is 0 Å². The van der Waals surface area contributed by atoms with Crippen LogP contribution in [0.5, 0.6) is 0 Å². The first kappa shape index (κ1) is 21.9. The van der Waals surface area contributed by atoms with Crippen molar-refractivity contribution in [1.82, 2.24) is 5.32 Å². The third kappa shape index (κ3) is 6.95. The molecule has 1 N–H and O–H groups in total. The van der Waals surface area contributed by atoms with Crippen LogP contribution < -0.4 is 5.32 Å². The average Bonchev–Trinajstić information content (AvgIpc) is 2.60. The molecule has 152 valence electrons. The molecular formula is C19H19F4NO3S. The van der Waals surface area contributed by atoms with E-state index in [4.69, 9.17) is 0 Å². The molecule has 0 aromatic heterocycles. The Morgan fingerprint density at radius 2 is 1.61 bits per heavy atom. The van der Waals surface area contributed by atoms with E-state index in [1.54, 1.807) is 5.32 Å². The zero-order valence-corrected chi connectivity index (χ0v) is 15.6. The van der Waals surface area contributed by atoms with Gasteiger partial charge in [0, 0.05) is 0 Å². The molecule has 1 unspecified atom stereocenters. The van der Waals surface area contributed by atoms with Gasteiger partial charge in [0.2, 0.25) is 5.91 Å². The molecule has 2 aromatic carbocycles. The Labute approximate surface area is 160 Å². The van der Waals surface area contributed by atoms with Crippen molar-refractivity contribution in [2.24, 2.45) is 0 Å². The number of hydrogen-bond donors (Lipinski definition) is 1. The molecule has 28 heavy (non-hydrogen) atoms. The van der Waals surface area contributed by atoms with Crippen LogP contribution in [0.3, 0.4) is 0 Å². The van der Waals surface area contributed by atoms with Crippen LogP contribution in [0.1, 0.15) is 23.6 Å². The van der Waals surface area contributed by atoms with Crippen LogP contribution in [-0.2, 0) is 21.1 Å². The molecule has 1 amide bonds. The summed E-state index contributed by atoms with van der Waals surface area (Å²) in [7, 11) is -3.87. The number of nitrogens with one attached hydrogen (secondary N) is 1. The van der Waals surface area contributed by atoms with Crippen LogP contribution in [-0.4, -0.2) is 32.0 Å². The molecule has 0 bridgehead atoms. The van der Waals surface area contributed by atoms with Crippen molar-refractivity contribution in [3.8, 4) is 0 Å². The number of hydrogen-bond acceptors (Lipinski definition) is 3. The number of halogens is 4. The quantitative estimate of drug-likeness (QED) is 0.668. The number of rotatable bonds is 8. The number of alkyl halides is 3. The van der Waals surface area contributed by atoms with E-state index in [-0.39, 0.29) is 17.7 Å². The topological polar surface area (TPSA) is 63.2 Å². The fraction of sp³-hybridized carbons (Fsp3) is 0.316. The maximum absolute atomic E-state index is 13.2. The van der Waals surface area contributed by atoms with Crippen molar-refractivity contribution < 1.29 is 30.8 Å². The maximum Gasteiger partial charge on any atom is 0.412 e. The predicted octanol–water partition coefficient (Wildman–Crippen LogP) is 3.59. The Morgan fingerprint density at radius 3 is 2.18 bits per heavy atom. The molecular weight excluding hydrogens is 398 g/mol. The number of carbonyl (C=O) groups is 1. The Morgan fingerprint density at radius 1 is 1.00 bits per heavy atom. The monoisotopic (exact) mass is 417 g/mol. The molecule has 0 saturated heterocycles. The second kappa shape index (κ2) is 9.18. The summed E-state index contributed by atoms with van der Waals surface area (Å²) >= 11 is 0. The van der Waals surface area contributed by atoms with Gasteiger partial charge < -0.3 is 5.32 Å². The highest BCUT2D eigenvalue weighted by atomic mass is 32.2. The molecule has 4 nitrogen and oxygen atoms in total. The van der Waals surface area contributed by atoms with Gasteiger partial charge in [-0.15, -0.1) is 0 Å². The van der Waals surface area contributed by atoms with Crippen molar-refractivity contribution in [2.45, 2.75) is 25.1 Å². The van der Waals surface area contributed by atoms with E-state index in [0.29, 0.717) is 6.42 Å². The van der Waals surface area contributed by atoms with E-state index in [1.165, 1.54) is 0 Å². The van der Waals surface area contributed by atoms with Gasteiger partial charge in [-0.25, -0.2) is 12.8 Å². The second-order valence-corrected chi connectivity index (χ2v) is 8.46. The number of aryl methyl sites for hydroxylation is 1. The van der Waals surface area contributed by atoms with Gasteiger partial charge in [-0.2, -0.15) is 13.2 Å². The van der Waals surface area contributed by atoms with E-state index in [0.717, 1.165) is 29.8 Å². The highest BCUT2D eigenvalue weighted by molar-refractivity contribution is 7.92. The molecule has 0 aliphatic rings. The average molecular weight is 417 g/mol. The normalized spacial score (nSPS) is 13.1. The molecule has 0 saturated carbocycles. The van der Waals surface area contributed by atoms with Gasteiger partial charge in [-0.3, -0.25) is 4.79 Å². The summed E-state index contributed by atoms with van der Waals surface area (Å²) < 4.78 is 76.7. The fourth-order valence-corrected chi connectivity index (χ4v) is 3.84. The Balaban J connectivity index is 1.96. The van der Waals surface area contributed by atoms with Gasteiger partial charge in [0.25, 0.3) is 0 Å². The van der Waals surface area contributed by atoms with Crippen LogP contribution in [0.4, 0.5) is 17.6 Å². The van der Waals surface area contributed by atoms with Gasteiger partial charge >= 0.3 is 6.18 Å². The van der Waals surface area contributed by atoms with Crippen molar-refractivity contribution >= 4 is 15.7 Å². The van der Waals surface area contributed by atoms with Crippen molar-refractivity contribution in [3.05, 3.63) is 71.5 Å². The summed E-state index contributed by atoms with van der Waals surface area (Å²) in [6.07, 6.45) is -4.13. The summed E-state index contributed by atoms with van der Waals surface area (Å²) in [6, 6.07) is 10.1. The lowest BCUT2D eigenvalue weighted by Crippen LogP contribution is -2.41. The molecule has 0 heterocycles. The number of amides is 1. The molecule has 0 fully saturated rings. The van der Waals surface area contributed by atoms with Crippen molar-refractivity contribution in [2.75, 3.05) is 11.5 Å². The molecule has 2 rings (SSSR count). The minimum atomic E-state index is -4.86. The number of sulfone groups is 1. The number of carbonyl (C=O) groups excluding carboxylic acids is 1. The first-order valence-corrected chi connectivity index (χ1v) is 10.2. The highest BCUT2D eigenvalue weighted by Gasteiger charge is 2.42. The van der Waals surface area contributed by atoms with Crippen LogP contribution in [0.2, 0.25) is 0 Å². The minimum Gasteiger partial charge on any atom is -0.340 e. The molecule has 0 aliphatic carbocycles. The van der Waals surface area contributed by atoms with E-state index in [9.17, 15) is 30.8 Å². The summed E-state index contributed by atoms with van der Waals surface area (Å²) in [4.78, 5) is 11.9. The van der Waals surface area contributed by atoms with Gasteiger partial charge in [0.05, 0.1) is 5.75 Å². The van der Waals surface area contributed by atoms with Crippen LogP contribution in [0.15, 0.2) is 54.6 Å². The molecule has 9 heteroatoms. The van der Waals surface area contributed by atoms with E-state index < -0.39 is 39.5 Å². The predicted molar refractivity (Wildman–Crippen MR) is 96.8 cm³/mol. The van der Waals surface area contributed by atoms with Gasteiger partial charge in [-0.1, -0.05) is 42.5 Å². The summed E-state index contributed by atoms with van der Waals surface area (Å²) in [6.45, 7) is 0. The van der Waals surface area contributed by atoms with Crippen molar-refractivity contribution in [3.63, 3.8) is 0 Å². The molecule has 0 radical (unpaired) electrons. The summed E-state index contributed by atoms with van der Waals surface area (Å²) in [5.41, 5.74) is 0.541. The highest BCUT2D eigenvalue weighted by Crippen LogP contribution is 2.32. The van der Waals surface area contributed by atoms with E-state index in [1.807, 2.05) is 30.3 Å². The molecule has 2 aromatic rings. The lowest BCUT2D eigenvalue weighted by Gasteiger charge is -2.22. The Hall–Kier alpha value is -2.42. The minimum absolute atomic E-state index is 0.250. The van der Waals surface area contributed by atoms with Crippen molar-refractivity contribution in [1.29, 1.82) is 0 Å². The van der Waals surface area contributed by atoms with E-state index in [2.05, 4.69) is 0 Å². The van der Waals surface area contributed by atoms with Gasteiger partial charge in [-0.05, 0) is 36.1 Å². The molecule has 1 atom stereocenters. The number of benzene rings is 2. The molecule has 0 aliphatic heterocycles. The van der Waals surface area contributed by atoms with Crippen LogP contribution >= 0.6 is 0 Å². The first-order valence-electron chi connectivity index (χ1n) is 8.43. The van der Waals surface area contributed by atoms with Crippen LogP contribution in [0, 0.1) is 5.82 Å². The maximum atomic E-state index is 13.2. The second-order valence-electron chi connectivity index (χ2n) is 6.27. The SMILES string of the molecule is O=C(CS(=O)(=O)CCCc1ccccc1)NC(c1ccc(F)cc1)C(F)(F)F. The van der Waals surface area contributed by atoms with Gasteiger partial charge in [0.15, 0.2) is 15.9 Å². The lowest BCUT2D eigenvalue weighted by atomic mass is 10.1.